The molecule has 0 N–H and O–H groups in total. The molecule has 1 aliphatic rings. The number of hydrogen-bond acceptors (Lipinski definition) is 10. The summed E-state index contributed by atoms with van der Waals surface area (Å²) in [7, 11) is 0. The van der Waals surface area contributed by atoms with Crippen LogP contribution in [0.15, 0.2) is 462 Å². The molecule has 0 fully saturated rings. The normalized spacial score (nSPS) is 12.6. The average molecular weight is 1810 g/mol. The Bertz CT molecular complexity index is 10000. The van der Waals surface area contributed by atoms with Gasteiger partial charge in [-0.05, 0) is 149 Å². The van der Waals surface area contributed by atoms with E-state index in [4.69, 9.17) is 43.2 Å². The van der Waals surface area contributed by atoms with Crippen LogP contribution in [0.4, 0.5) is 0 Å². The fourth-order valence-electron chi connectivity index (χ4n) is 22.0. The van der Waals surface area contributed by atoms with E-state index in [9.17, 15) is 0 Å². The lowest BCUT2D eigenvalue weighted by molar-refractivity contribution is 0.663. The minimum absolute atomic E-state index is 0.0839. The van der Waals surface area contributed by atoms with E-state index < -0.39 is 0 Å². The molecule has 12 nitrogen and oxygen atoms in total. The minimum Gasteiger partial charge on any atom is -0.456 e. The molecular formula is C127H75N9O3S. The summed E-state index contributed by atoms with van der Waals surface area (Å²) >= 11 is 1.80. The van der Waals surface area contributed by atoms with Crippen molar-refractivity contribution in [2.45, 2.75) is 5.92 Å². The molecule has 13 heteroatoms. The molecule has 0 saturated carbocycles. The van der Waals surface area contributed by atoms with E-state index in [2.05, 4.69) is 353 Å². The number of nitrogens with zero attached hydrogens (tertiary/aromatic N) is 9. The van der Waals surface area contributed by atoms with Gasteiger partial charge in [0.25, 0.3) is 0 Å². The average Bonchev–Trinajstić information content (AvgIpc) is 1.57. The van der Waals surface area contributed by atoms with Crippen LogP contribution in [0.5, 0.6) is 0 Å². The van der Waals surface area contributed by atoms with Crippen molar-refractivity contribution < 1.29 is 13.3 Å². The van der Waals surface area contributed by atoms with E-state index in [0.717, 1.165) is 176 Å². The molecule has 9 heterocycles. The van der Waals surface area contributed by atoms with Crippen LogP contribution in [0, 0.1) is 0 Å². The number of aromatic nitrogens is 9. The number of fused-ring (bicyclic) bond motifs is 26. The number of rotatable bonds is 12. The second-order valence-corrected chi connectivity index (χ2v) is 37.1. The maximum Gasteiger partial charge on any atom is 0.165 e. The van der Waals surface area contributed by atoms with Gasteiger partial charge in [0.2, 0.25) is 0 Å². The third-order valence-electron chi connectivity index (χ3n) is 28.3. The Kier molecular flexibility index (Phi) is 17.8. The first kappa shape index (κ1) is 78.9. The van der Waals surface area contributed by atoms with Crippen molar-refractivity contribution in [1.82, 2.24) is 43.6 Å². The molecule has 29 aromatic rings. The summed E-state index contributed by atoms with van der Waals surface area (Å²) in [4.78, 5) is 30.2. The third-order valence-corrected chi connectivity index (χ3v) is 29.6. The Balaban J connectivity index is 0.000000134. The molecule has 20 aromatic carbocycles. The zero-order valence-electron chi connectivity index (χ0n) is 75.0. The summed E-state index contributed by atoms with van der Waals surface area (Å²) < 4.78 is 30.3. The topological polar surface area (TPSA) is 132 Å². The lowest BCUT2D eigenvalue weighted by Crippen LogP contribution is -2.00. The fraction of sp³-hybridized carbons (Fsp3) is 0.00787. The molecule has 140 heavy (non-hydrogen) atoms. The fourth-order valence-corrected chi connectivity index (χ4v) is 23.3. The second-order valence-electron chi connectivity index (χ2n) is 36.1. The second kappa shape index (κ2) is 31.5. The maximum atomic E-state index is 7.17. The van der Waals surface area contributed by atoms with E-state index >= 15 is 0 Å². The van der Waals surface area contributed by atoms with Gasteiger partial charge in [0, 0.05) is 147 Å². The van der Waals surface area contributed by atoms with E-state index in [0.29, 0.717) is 34.9 Å². The molecule has 30 rings (SSSR count). The highest BCUT2D eigenvalue weighted by atomic mass is 32.1. The highest BCUT2D eigenvalue weighted by Gasteiger charge is 2.35. The molecule has 1 unspecified atom stereocenters. The molecule has 652 valence electrons. The maximum absolute atomic E-state index is 7.17. The number of benzene rings is 20. The van der Waals surface area contributed by atoms with Crippen molar-refractivity contribution in [2.75, 3.05) is 0 Å². The van der Waals surface area contributed by atoms with Crippen molar-refractivity contribution >= 4 is 163 Å². The first-order valence-corrected chi connectivity index (χ1v) is 48.0. The standard InChI is InChI=1S/C64H38N4O2.C63H37N5OS/c1-4-15-38(16-5-1)58-47-23-11-10-21-45(47)48-30-31-50-49-25-14-24-44(60(49)70-61(50)59(48)58)41-27-32-55-51(35-41)46-22-12-13-26-54(46)68(55)43-29-34-57-53(37-43)52-36-42(28-33-56(52)69-57)64-66-62(39-17-6-2-7-18-39)65-63(67-64)40-19-8-3-9-20-40;1-4-17-38(18-5-1)61-64-62(39-19-6-2-7-20-39)66-63(65-61)50-29-15-27-48-49-28-16-32-55(60(49)70-59(48)50)68-53-31-13-11-24-44(53)51-37-40(33-36-54(51)68)42-25-14-26-46-47-35-34-45-43-23-10-12-30-52(43)67(41-21-8-3-9-22-41)56(45)58(47)69-57(42)46/h1-37,58H;1-37H. The summed E-state index contributed by atoms with van der Waals surface area (Å²) in [5.41, 5.74) is 31.6. The summed E-state index contributed by atoms with van der Waals surface area (Å²) in [5.74, 6) is 3.88. The Morgan fingerprint density at radius 3 is 1.21 bits per heavy atom. The zero-order valence-corrected chi connectivity index (χ0v) is 75.8. The number of furan rings is 3. The van der Waals surface area contributed by atoms with Crippen molar-refractivity contribution in [2.24, 2.45) is 0 Å². The molecular weight excluding hydrogens is 1730 g/mol. The lowest BCUT2D eigenvalue weighted by Gasteiger charge is -2.14. The van der Waals surface area contributed by atoms with Crippen molar-refractivity contribution in [3.8, 4) is 119 Å². The predicted octanol–water partition coefficient (Wildman–Crippen LogP) is 33.6. The number of thiophene rings is 1. The number of hydrogen-bond donors (Lipinski definition) is 0. The molecule has 0 aliphatic heterocycles. The van der Waals surface area contributed by atoms with Gasteiger partial charge in [-0.1, -0.05) is 334 Å². The van der Waals surface area contributed by atoms with E-state index in [1.165, 1.54) is 75.6 Å². The number of para-hydroxylation sites is 6. The molecule has 1 atom stereocenters. The Labute approximate surface area is 804 Å². The van der Waals surface area contributed by atoms with Crippen molar-refractivity contribution in [1.29, 1.82) is 0 Å². The van der Waals surface area contributed by atoms with Gasteiger partial charge in [-0.3, -0.25) is 0 Å². The first-order chi connectivity index (χ1) is 69.4. The van der Waals surface area contributed by atoms with Crippen LogP contribution < -0.4 is 0 Å². The molecule has 0 bridgehead atoms. The Morgan fingerprint density at radius 2 is 0.607 bits per heavy atom. The molecule has 0 radical (unpaired) electrons. The van der Waals surface area contributed by atoms with Crippen LogP contribution in [0.3, 0.4) is 0 Å². The van der Waals surface area contributed by atoms with Gasteiger partial charge in [-0.2, -0.15) is 0 Å². The largest absolute Gasteiger partial charge is 0.456 e. The predicted molar refractivity (Wildman–Crippen MR) is 574 cm³/mol. The monoisotopic (exact) mass is 1810 g/mol. The van der Waals surface area contributed by atoms with Crippen LogP contribution >= 0.6 is 11.3 Å². The van der Waals surface area contributed by atoms with E-state index in [1.807, 2.05) is 109 Å². The highest BCUT2D eigenvalue weighted by Crippen LogP contribution is 2.55. The quantitative estimate of drug-likeness (QED) is 0.117. The van der Waals surface area contributed by atoms with Crippen LogP contribution in [0.2, 0.25) is 0 Å². The van der Waals surface area contributed by atoms with Crippen LogP contribution in [0.25, 0.3) is 270 Å². The lowest BCUT2D eigenvalue weighted by atomic mass is 9.88. The summed E-state index contributed by atoms with van der Waals surface area (Å²) in [5, 5.41) is 15.9. The molecule has 1 aliphatic carbocycles. The van der Waals surface area contributed by atoms with Crippen LogP contribution in [-0.2, 0) is 0 Å². The van der Waals surface area contributed by atoms with E-state index in [1.54, 1.807) is 11.3 Å². The molecule has 9 aromatic heterocycles. The summed E-state index contributed by atoms with van der Waals surface area (Å²) in [6.45, 7) is 0. The summed E-state index contributed by atoms with van der Waals surface area (Å²) in [6, 6.07) is 159. The molecule has 0 spiro atoms. The Hall–Kier alpha value is -18.6. The van der Waals surface area contributed by atoms with Crippen molar-refractivity contribution in [3.05, 3.63) is 466 Å². The Morgan fingerprint density at radius 1 is 0.207 bits per heavy atom. The van der Waals surface area contributed by atoms with Gasteiger partial charge < -0.3 is 27.0 Å². The van der Waals surface area contributed by atoms with Crippen LogP contribution in [-0.4, -0.2) is 43.6 Å². The van der Waals surface area contributed by atoms with Gasteiger partial charge in [0.1, 0.15) is 27.9 Å². The van der Waals surface area contributed by atoms with Gasteiger partial charge >= 0.3 is 0 Å². The van der Waals surface area contributed by atoms with Gasteiger partial charge in [-0.25, -0.2) is 29.9 Å². The van der Waals surface area contributed by atoms with Crippen LogP contribution in [0.1, 0.15) is 22.6 Å². The summed E-state index contributed by atoms with van der Waals surface area (Å²) in [6.07, 6.45) is 0. The third kappa shape index (κ3) is 12.4. The zero-order chi connectivity index (χ0) is 91.7. The molecule has 0 saturated heterocycles. The van der Waals surface area contributed by atoms with E-state index in [-0.39, 0.29) is 5.92 Å². The first-order valence-electron chi connectivity index (χ1n) is 47.2. The highest BCUT2D eigenvalue weighted by molar-refractivity contribution is 7.26. The smallest absolute Gasteiger partial charge is 0.165 e. The van der Waals surface area contributed by atoms with Gasteiger partial charge in [0.15, 0.2) is 40.5 Å². The van der Waals surface area contributed by atoms with Gasteiger partial charge in [0.05, 0.1) is 43.5 Å². The molecule has 0 amide bonds. The SMILES string of the molecule is c1ccc(-c2nc(-c3ccccc3)nc(-c3ccc4oc5ccc(-n6c7ccccc7c7cc(-c8cccc9c8oc8c%10c(ccc89)-c8ccccc8C%10c8ccccc8)ccc76)cc5c4c3)n2)cc1.c1ccc(-c2nc(-c3ccccc3)nc(-c3cccc4c3sc3c(-n5c6ccccc6c6cc(-c7cccc8c7oc7c8ccc8c9ccccc9n(-c9ccccc9)c87)ccc65)cccc34)n2)cc1. The minimum atomic E-state index is 0.0839. The van der Waals surface area contributed by atoms with Crippen molar-refractivity contribution in [3.63, 3.8) is 0 Å². The van der Waals surface area contributed by atoms with Gasteiger partial charge in [-0.15, -0.1) is 11.3 Å².